The fraction of sp³-hybridized carbons (Fsp3) is 0.0312. The van der Waals surface area contributed by atoms with Crippen LogP contribution in [0, 0.1) is 0 Å². The van der Waals surface area contributed by atoms with Gasteiger partial charge in [-0.25, -0.2) is 0 Å². The summed E-state index contributed by atoms with van der Waals surface area (Å²) in [4.78, 5) is 13.8. The maximum absolute atomic E-state index is 13.8. The lowest BCUT2D eigenvalue weighted by molar-refractivity contribution is 0.155. The van der Waals surface area contributed by atoms with Crippen molar-refractivity contribution in [2.24, 2.45) is 0 Å². The zero-order valence-electron chi connectivity index (χ0n) is 19.1. The molecule has 4 nitrogen and oxygen atoms in total. The van der Waals surface area contributed by atoms with Crippen LogP contribution in [0.1, 0.15) is 11.8 Å². The largest absolute Gasteiger partial charge is 0.369 e. The zero-order chi connectivity index (χ0) is 23.7. The van der Waals surface area contributed by atoms with Crippen LogP contribution in [0.2, 0.25) is 0 Å². The summed E-state index contributed by atoms with van der Waals surface area (Å²) < 4.78 is 3.95. The molecule has 0 saturated heterocycles. The highest BCUT2D eigenvalue weighted by molar-refractivity contribution is 6.24. The van der Waals surface area contributed by atoms with Gasteiger partial charge in [0.05, 0.1) is 22.1 Å². The van der Waals surface area contributed by atoms with Gasteiger partial charge in [0.1, 0.15) is 0 Å². The van der Waals surface area contributed by atoms with E-state index in [1.165, 1.54) is 0 Å². The molecule has 8 aromatic rings. The fourth-order valence-corrected chi connectivity index (χ4v) is 6.69. The number of aliphatic hydroxyl groups is 1. The van der Waals surface area contributed by atoms with Gasteiger partial charge >= 0.3 is 0 Å². The van der Waals surface area contributed by atoms with Crippen LogP contribution in [-0.2, 0) is 0 Å². The summed E-state index contributed by atoms with van der Waals surface area (Å²) in [6.45, 7) is 0. The molecule has 0 amide bonds. The Bertz CT molecular complexity index is 2300. The molecule has 0 saturated carbocycles. The van der Waals surface area contributed by atoms with Gasteiger partial charge in [0.15, 0.2) is 6.23 Å². The summed E-state index contributed by atoms with van der Waals surface area (Å²) in [5.41, 5.74) is 6.96. The van der Waals surface area contributed by atoms with Gasteiger partial charge in [-0.2, -0.15) is 0 Å². The molecule has 3 aromatic heterocycles. The van der Waals surface area contributed by atoms with E-state index in [1.54, 1.807) is 0 Å². The van der Waals surface area contributed by atoms with Gasteiger partial charge in [-0.1, -0.05) is 78.9 Å². The predicted octanol–water partition coefficient (Wildman–Crippen LogP) is 6.82. The molecule has 9 rings (SSSR count). The molecular weight excluding hydrogens is 444 g/mol. The topological polar surface area (TPSA) is 46.6 Å². The molecule has 0 spiro atoms. The molecule has 0 bridgehead atoms. The third-order valence-electron chi connectivity index (χ3n) is 8.16. The van der Waals surface area contributed by atoms with E-state index in [-0.39, 0.29) is 5.56 Å². The van der Waals surface area contributed by atoms with Gasteiger partial charge in [-0.05, 0) is 29.1 Å². The summed E-state index contributed by atoms with van der Waals surface area (Å²) in [7, 11) is 0. The number of hydrogen-bond donors (Lipinski definition) is 1. The first-order valence-electron chi connectivity index (χ1n) is 12.2. The van der Waals surface area contributed by atoms with Crippen molar-refractivity contribution in [3.8, 4) is 11.1 Å². The van der Waals surface area contributed by atoms with Crippen molar-refractivity contribution in [3.63, 3.8) is 0 Å². The number of fused-ring (bicyclic) bond motifs is 10. The maximum atomic E-state index is 13.8. The molecule has 1 atom stereocenters. The van der Waals surface area contributed by atoms with Crippen molar-refractivity contribution < 1.29 is 5.11 Å². The molecular formula is C32H18N2O2. The molecule has 4 heterocycles. The lowest BCUT2D eigenvalue weighted by Crippen LogP contribution is -2.15. The lowest BCUT2D eigenvalue weighted by Gasteiger charge is -2.25. The number of aliphatic hydroxyl groups excluding tert-OH is 1. The minimum absolute atomic E-state index is 0.00448. The van der Waals surface area contributed by atoms with Crippen LogP contribution >= 0.6 is 0 Å². The average molecular weight is 463 g/mol. The monoisotopic (exact) mass is 462 g/mol. The quantitative estimate of drug-likeness (QED) is 0.251. The Morgan fingerprint density at radius 3 is 2.00 bits per heavy atom. The molecule has 1 N–H and O–H groups in total. The van der Waals surface area contributed by atoms with Gasteiger partial charge in [-0.3, -0.25) is 9.20 Å². The highest BCUT2D eigenvalue weighted by Crippen LogP contribution is 2.46. The highest BCUT2D eigenvalue weighted by Gasteiger charge is 2.28. The van der Waals surface area contributed by atoms with E-state index in [9.17, 15) is 9.90 Å². The Kier molecular flexibility index (Phi) is 3.16. The van der Waals surface area contributed by atoms with E-state index in [4.69, 9.17) is 0 Å². The number of para-hydroxylation sites is 2. The smallest absolute Gasteiger partial charge is 0.263 e. The Morgan fingerprint density at radius 2 is 1.14 bits per heavy atom. The van der Waals surface area contributed by atoms with Crippen LogP contribution in [0.15, 0.2) is 102 Å². The van der Waals surface area contributed by atoms with Gasteiger partial charge in [-0.15, -0.1) is 0 Å². The molecule has 0 radical (unpaired) electrons. The second-order valence-corrected chi connectivity index (χ2v) is 9.81. The van der Waals surface area contributed by atoms with E-state index >= 15 is 0 Å². The Hall–Kier alpha value is -4.67. The van der Waals surface area contributed by atoms with E-state index in [1.807, 2.05) is 46.9 Å². The lowest BCUT2D eigenvalue weighted by atomic mass is 9.94. The molecule has 1 aliphatic heterocycles. The van der Waals surface area contributed by atoms with Crippen molar-refractivity contribution >= 4 is 59.8 Å². The van der Waals surface area contributed by atoms with E-state index in [0.717, 1.165) is 76.5 Å². The Labute approximate surface area is 204 Å². The number of rotatable bonds is 0. The number of pyridine rings is 1. The summed E-state index contributed by atoms with van der Waals surface area (Å²) in [5.74, 6) is 0. The first-order chi connectivity index (χ1) is 17.7. The van der Waals surface area contributed by atoms with Crippen LogP contribution in [0.4, 0.5) is 0 Å². The normalized spacial score (nSPS) is 15.2. The third kappa shape index (κ3) is 1.97. The maximum Gasteiger partial charge on any atom is 0.263 e. The summed E-state index contributed by atoms with van der Waals surface area (Å²) >= 11 is 0. The summed E-state index contributed by atoms with van der Waals surface area (Å²) in [6.07, 6.45) is -0.779. The average Bonchev–Trinajstić information content (AvgIpc) is 3.43. The summed E-state index contributed by atoms with van der Waals surface area (Å²) in [6, 6.07) is 32.8. The molecule has 1 aliphatic rings. The third-order valence-corrected chi connectivity index (χ3v) is 8.16. The Balaban J connectivity index is 1.55. The molecule has 0 fully saturated rings. The number of hydrogen-bond acceptors (Lipinski definition) is 2. The second kappa shape index (κ2) is 6.11. The zero-order valence-corrected chi connectivity index (χ0v) is 19.1. The molecule has 36 heavy (non-hydrogen) atoms. The van der Waals surface area contributed by atoms with Gasteiger partial charge in [0.25, 0.3) is 5.56 Å². The predicted molar refractivity (Wildman–Crippen MR) is 146 cm³/mol. The van der Waals surface area contributed by atoms with Crippen molar-refractivity contribution in [2.45, 2.75) is 6.23 Å². The molecule has 0 aliphatic carbocycles. The van der Waals surface area contributed by atoms with Gasteiger partial charge < -0.3 is 9.67 Å². The molecule has 1 unspecified atom stereocenters. The number of benzene rings is 5. The van der Waals surface area contributed by atoms with Crippen LogP contribution in [0.25, 0.3) is 70.9 Å². The molecule has 5 aromatic carbocycles. The first kappa shape index (κ1) is 18.6. The highest BCUT2D eigenvalue weighted by atomic mass is 16.3. The van der Waals surface area contributed by atoms with Crippen molar-refractivity contribution in [2.75, 3.05) is 0 Å². The van der Waals surface area contributed by atoms with Crippen molar-refractivity contribution in [3.05, 3.63) is 113 Å². The van der Waals surface area contributed by atoms with Crippen LogP contribution in [-0.4, -0.2) is 14.1 Å². The second-order valence-electron chi connectivity index (χ2n) is 9.81. The number of aromatic nitrogens is 2. The van der Waals surface area contributed by atoms with Gasteiger partial charge in [0, 0.05) is 43.4 Å². The van der Waals surface area contributed by atoms with E-state index < -0.39 is 6.23 Å². The van der Waals surface area contributed by atoms with E-state index in [0.29, 0.717) is 0 Å². The molecule has 4 heteroatoms. The van der Waals surface area contributed by atoms with Crippen LogP contribution in [0.5, 0.6) is 0 Å². The number of nitrogens with zero attached hydrogens (tertiary/aromatic N) is 2. The van der Waals surface area contributed by atoms with Crippen molar-refractivity contribution in [1.29, 1.82) is 0 Å². The van der Waals surface area contributed by atoms with Crippen LogP contribution in [0.3, 0.4) is 0 Å². The van der Waals surface area contributed by atoms with Crippen molar-refractivity contribution in [1.82, 2.24) is 8.97 Å². The standard InChI is InChI=1S/C32H18N2O2/c35-31-23-9-3-1-7-17(23)19-11-5-13-21-25-15-28-26(16-27(25)33(31)29(19)21)22-14-6-12-20-18-8-2-4-10-24(18)32(36)34(28)30(20)22/h1-16,31,35H. The summed E-state index contributed by atoms with van der Waals surface area (Å²) in [5, 5.41) is 18.5. The fourth-order valence-electron chi connectivity index (χ4n) is 6.69. The minimum atomic E-state index is -0.779. The van der Waals surface area contributed by atoms with Crippen LogP contribution < -0.4 is 5.56 Å². The van der Waals surface area contributed by atoms with Gasteiger partial charge in [0.2, 0.25) is 0 Å². The van der Waals surface area contributed by atoms with E-state index in [2.05, 4.69) is 59.2 Å². The Morgan fingerprint density at radius 1 is 0.556 bits per heavy atom. The minimum Gasteiger partial charge on any atom is -0.369 e. The molecule has 168 valence electrons. The first-order valence-corrected chi connectivity index (χ1v) is 12.2. The SMILES string of the molecule is O=c1c2ccccc2c2cccc3c4cc5c(cc4n1c23)c1cccc2c1n5C(O)c1ccccc1-2.